The summed E-state index contributed by atoms with van der Waals surface area (Å²) < 4.78 is 12.2. The molecule has 0 aliphatic rings. The highest BCUT2D eigenvalue weighted by Crippen LogP contribution is 2.26. The molecule has 0 bridgehead atoms. The van der Waals surface area contributed by atoms with E-state index in [-0.39, 0.29) is 19.0 Å². The molecule has 0 fully saturated rings. The zero-order valence-corrected chi connectivity index (χ0v) is 17.8. The van der Waals surface area contributed by atoms with Gasteiger partial charge in [-0.2, -0.15) is 0 Å². The average Bonchev–Trinajstić information content (AvgIpc) is 2.83. The monoisotopic (exact) mass is 452 g/mol. The summed E-state index contributed by atoms with van der Waals surface area (Å²) in [6.07, 6.45) is 3.16. The molecule has 0 saturated heterocycles. The third-order valence-electron chi connectivity index (χ3n) is 4.57. The van der Waals surface area contributed by atoms with E-state index in [1.807, 2.05) is 0 Å². The molecule has 3 rings (SSSR count). The Morgan fingerprint density at radius 1 is 0.969 bits per heavy atom. The number of hydrogen-bond donors (Lipinski definition) is 3. The van der Waals surface area contributed by atoms with E-state index in [0.717, 1.165) is 5.56 Å². The van der Waals surface area contributed by atoms with Gasteiger partial charge in [0.25, 0.3) is 11.8 Å². The van der Waals surface area contributed by atoms with E-state index in [0.29, 0.717) is 39.7 Å². The number of hydrogen-bond acceptors (Lipinski definition) is 6. The molecule has 1 heterocycles. The van der Waals surface area contributed by atoms with E-state index in [2.05, 4.69) is 15.6 Å². The van der Waals surface area contributed by atoms with Crippen molar-refractivity contribution in [2.75, 3.05) is 17.9 Å². The lowest BCUT2D eigenvalue weighted by molar-refractivity contribution is -0.110. The van der Waals surface area contributed by atoms with Crippen molar-refractivity contribution < 1.29 is 18.8 Å². The molecule has 0 radical (unpaired) electrons. The fraction of sp³-hybridized carbons (Fsp3) is 0.130. The summed E-state index contributed by atoms with van der Waals surface area (Å²) >= 11 is 0.503. The summed E-state index contributed by atoms with van der Waals surface area (Å²) in [5.41, 5.74) is 9.48. The van der Waals surface area contributed by atoms with E-state index in [4.69, 9.17) is 5.73 Å². The average molecular weight is 453 g/mol. The molecule has 1 aromatic heterocycles. The van der Waals surface area contributed by atoms with Gasteiger partial charge in [-0.05, 0) is 53.1 Å². The first kappa shape index (κ1) is 23.1. The fourth-order valence-corrected chi connectivity index (χ4v) is 3.29. The topological polar surface area (TPSA) is 114 Å². The predicted molar refractivity (Wildman–Crippen MR) is 123 cm³/mol. The van der Waals surface area contributed by atoms with Crippen LogP contribution in [-0.2, 0) is 11.3 Å². The Kier molecular flexibility index (Phi) is 8.07. The number of pyridine rings is 1. The molecule has 0 saturated carbocycles. The predicted octanol–water partition coefficient (Wildman–Crippen LogP) is 3.38. The normalized spacial score (nSPS) is 10.4. The Labute approximate surface area is 188 Å². The van der Waals surface area contributed by atoms with Crippen LogP contribution in [0.4, 0.5) is 10.1 Å². The van der Waals surface area contributed by atoms with Crippen molar-refractivity contribution in [3.63, 3.8) is 0 Å². The minimum atomic E-state index is -0.836. The SMILES string of the molecule is NCc1ccc(C(=O)Nc2ccncc2)cc1-c1cccc(C(=O)NCC(=O)SCF)c1. The molecular weight excluding hydrogens is 431 g/mol. The molecule has 9 heteroatoms. The van der Waals surface area contributed by atoms with Gasteiger partial charge in [0.2, 0.25) is 5.12 Å². The molecule has 0 aliphatic carbocycles. The van der Waals surface area contributed by atoms with E-state index in [1.165, 1.54) is 0 Å². The number of alkyl halides is 1. The van der Waals surface area contributed by atoms with E-state index >= 15 is 0 Å². The quantitative estimate of drug-likeness (QED) is 0.483. The first-order valence-electron chi connectivity index (χ1n) is 9.66. The number of carbonyl (C=O) groups is 3. The van der Waals surface area contributed by atoms with Crippen LogP contribution in [0.2, 0.25) is 0 Å². The minimum absolute atomic E-state index is 0.243. The lowest BCUT2D eigenvalue weighted by Crippen LogP contribution is -2.28. The minimum Gasteiger partial charge on any atom is -0.344 e. The number of aromatic nitrogens is 1. The van der Waals surface area contributed by atoms with Crippen LogP contribution >= 0.6 is 11.8 Å². The summed E-state index contributed by atoms with van der Waals surface area (Å²) in [7, 11) is 0. The number of carbonyl (C=O) groups excluding carboxylic acids is 3. The van der Waals surface area contributed by atoms with Crippen LogP contribution in [0.15, 0.2) is 67.0 Å². The van der Waals surface area contributed by atoms with Crippen molar-refractivity contribution in [2.24, 2.45) is 5.73 Å². The highest BCUT2D eigenvalue weighted by atomic mass is 32.2. The van der Waals surface area contributed by atoms with Crippen molar-refractivity contribution in [1.82, 2.24) is 10.3 Å². The number of benzene rings is 2. The Morgan fingerprint density at radius 3 is 2.44 bits per heavy atom. The Hall–Kier alpha value is -3.56. The Morgan fingerprint density at radius 2 is 1.72 bits per heavy atom. The number of rotatable bonds is 8. The molecule has 0 atom stereocenters. The summed E-state index contributed by atoms with van der Waals surface area (Å²) in [5, 5.41) is 4.82. The van der Waals surface area contributed by atoms with E-state index in [1.54, 1.807) is 67.0 Å². The number of anilines is 1. The molecule has 3 aromatic rings. The number of thioether (sulfide) groups is 1. The van der Waals surface area contributed by atoms with Gasteiger partial charge in [-0.25, -0.2) is 4.39 Å². The maximum atomic E-state index is 12.7. The zero-order chi connectivity index (χ0) is 22.9. The van der Waals surface area contributed by atoms with Crippen LogP contribution in [-0.4, -0.2) is 34.5 Å². The molecule has 32 heavy (non-hydrogen) atoms. The fourth-order valence-electron chi connectivity index (χ4n) is 3.00. The first-order valence-corrected chi connectivity index (χ1v) is 10.6. The van der Waals surface area contributed by atoms with Gasteiger partial charge in [-0.15, -0.1) is 0 Å². The number of nitrogens with one attached hydrogen (secondary N) is 2. The third-order valence-corrected chi connectivity index (χ3v) is 5.15. The van der Waals surface area contributed by atoms with Crippen LogP contribution < -0.4 is 16.4 Å². The molecule has 164 valence electrons. The molecule has 4 N–H and O–H groups in total. The molecule has 7 nitrogen and oxygen atoms in total. The highest BCUT2D eigenvalue weighted by Gasteiger charge is 2.14. The van der Waals surface area contributed by atoms with Crippen LogP contribution in [0.5, 0.6) is 0 Å². The van der Waals surface area contributed by atoms with E-state index in [9.17, 15) is 18.8 Å². The zero-order valence-electron chi connectivity index (χ0n) is 17.0. The maximum absolute atomic E-state index is 12.7. The molecular formula is C23H21FN4O3S. The second-order valence-corrected chi connectivity index (χ2v) is 7.62. The van der Waals surface area contributed by atoms with Crippen LogP contribution in [0.1, 0.15) is 26.3 Å². The van der Waals surface area contributed by atoms with Crippen molar-refractivity contribution in [3.05, 3.63) is 83.7 Å². The van der Waals surface area contributed by atoms with Gasteiger partial charge < -0.3 is 16.4 Å². The highest BCUT2D eigenvalue weighted by molar-refractivity contribution is 8.13. The summed E-state index contributed by atoms with van der Waals surface area (Å²) in [6, 6.07) is 14.5. The molecule has 2 aromatic carbocycles. The number of nitrogens with zero attached hydrogens (tertiary/aromatic N) is 1. The maximum Gasteiger partial charge on any atom is 0.255 e. The number of amides is 2. The van der Waals surface area contributed by atoms with Crippen LogP contribution in [0.25, 0.3) is 11.1 Å². The van der Waals surface area contributed by atoms with Gasteiger partial charge in [0.15, 0.2) is 0 Å². The van der Waals surface area contributed by atoms with Crippen molar-refractivity contribution in [2.45, 2.75) is 6.54 Å². The number of nitrogens with two attached hydrogens (primary N) is 1. The first-order chi connectivity index (χ1) is 15.5. The molecule has 0 aliphatic heterocycles. The third kappa shape index (κ3) is 5.99. The lowest BCUT2D eigenvalue weighted by atomic mass is 9.95. The smallest absolute Gasteiger partial charge is 0.255 e. The van der Waals surface area contributed by atoms with Gasteiger partial charge in [-0.3, -0.25) is 19.4 Å². The van der Waals surface area contributed by atoms with Crippen molar-refractivity contribution in [3.8, 4) is 11.1 Å². The standard InChI is InChI=1S/C23H21FN4O3S/c24-14-32-21(29)13-27-22(30)16-3-1-2-15(10-16)20-11-17(4-5-18(20)12-25)23(31)28-19-6-8-26-9-7-19/h1-11H,12-14,25H2,(H,27,30)(H,26,28,31). The molecule has 2 amide bonds. The van der Waals surface area contributed by atoms with Crippen molar-refractivity contribution in [1.29, 1.82) is 0 Å². The van der Waals surface area contributed by atoms with Gasteiger partial charge in [-0.1, -0.05) is 30.0 Å². The summed E-state index contributed by atoms with van der Waals surface area (Å²) in [5.74, 6) is -0.751. The van der Waals surface area contributed by atoms with Gasteiger partial charge >= 0.3 is 0 Å². The van der Waals surface area contributed by atoms with E-state index < -0.39 is 17.0 Å². The second kappa shape index (κ2) is 11.2. The van der Waals surface area contributed by atoms with Crippen LogP contribution in [0.3, 0.4) is 0 Å². The summed E-state index contributed by atoms with van der Waals surface area (Å²) in [4.78, 5) is 40.5. The van der Waals surface area contributed by atoms with Gasteiger partial charge in [0.1, 0.15) is 6.01 Å². The second-order valence-electron chi connectivity index (χ2n) is 6.66. The van der Waals surface area contributed by atoms with Crippen molar-refractivity contribution >= 4 is 34.4 Å². The van der Waals surface area contributed by atoms with Gasteiger partial charge in [0.05, 0.1) is 6.54 Å². The Bertz CT molecular complexity index is 1130. The summed E-state index contributed by atoms with van der Waals surface area (Å²) in [6.45, 7) is -0.0245. The Balaban J connectivity index is 1.84. The lowest BCUT2D eigenvalue weighted by Gasteiger charge is -2.13. The molecule has 0 unspecified atom stereocenters. The van der Waals surface area contributed by atoms with Crippen LogP contribution in [0, 0.1) is 0 Å². The van der Waals surface area contributed by atoms with Gasteiger partial charge in [0, 0.05) is 35.8 Å². The largest absolute Gasteiger partial charge is 0.344 e. The molecule has 0 spiro atoms. The number of halogens is 1.